The highest BCUT2D eigenvalue weighted by Crippen LogP contribution is 2.17. The zero-order valence-corrected chi connectivity index (χ0v) is 12.3. The Morgan fingerprint density at radius 1 is 1.10 bits per heavy atom. The number of aryl methyl sites for hydroxylation is 1. The normalized spacial score (nSPS) is 10.7. The van der Waals surface area contributed by atoms with Crippen LogP contribution in [0.4, 0.5) is 11.6 Å². The third-order valence-corrected chi connectivity index (χ3v) is 2.80. The van der Waals surface area contributed by atoms with Crippen LogP contribution in [0.15, 0.2) is 18.5 Å². The van der Waals surface area contributed by atoms with E-state index in [9.17, 15) is 0 Å². The zero-order valence-electron chi connectivity index (χ0n) is 12.3. The van der Waals surface area contributed by atoms with Crippen LogP contribution in [-0.4, -0.2) is 27.0 Å². The molecule has 0 unspecified atom stereocenters. The summed E-state index contributed by atoms with van der Waals surface area (Å²) in [6.45, 7) is 6.65. The molecule has 0 radical (unpaired) electrons. The molecule has 0 amide bonds. The second-order valence-electron chi connectivity index (χ2n) is 4.90. The van der Waals surface area contributed by atoms with Gasteiger partial charge in [-0.2, -0.15) is 0 Å². The van der Waals surface area contributed by atoms with E-state index >= 15 is 0 Å². The Labute approximate surface area is 119 Å². The van der Waals surface area contributed by atoms with Crippen molar-refractivity contribution >= 4 is 11.6 Å². The molecule has 0 fully saturated rings. The van der Waals surface area contributed by atoms with E-state index in [0.29, 0.717) is 6.54 Å². The summed E-state index contributed by atoms with van der Waals surface area (Å²) < 4.78 is 0. The predicted molar refractivity (Wildman–Crippen MR) is 79.8 cm³/mol. The first-order valence-corrected chi connectivity index (χ1v) is 6.66. The number of anilines is 2. The molecule has 0 aromatic carbocycles. The standard InChI is InChI=1S/C14H20N6/c1-9(2)14-19-12(15-4)5-13(20-14)18-8-11-7-16-10(3)6-17-11/h5-7,9H,8H2,1-4H3,(H2,15,18,19,20). The van der Waals surface area contributed by atoms with Crippen LogP contribution in [0.3, 0.4) is 0 Å². The highest BCUT2D eigenvalue weighted by atomic mass is 15.1. The van der Waals surface area contributed by atoms with Crippen molar-refractivity contribution < 1.29 is 0 Å². The summed E-state index contributed by atoms with van der Waals surface area (Å²) in [5, 5.41) is 6.31. The lowest BCUT2D eigenvalue weighted by Crippen LogP contribution is -2.08. The highest BCUT2D eigenvalue weighted by molar-refractivity contribution is 5.47. The van der Waals surface area contributed by atoms with Crippen molar-refractivity contribution in [3.8, 4) is 0 Å². The lowest BCUT2D eigenvalue weighted by molar-refractivity contribution is 0.775. The van der Waals surface area contributed by atoms with Gasteiger partial charge in [-0.25, -0.2) is 9.97 Å². The molecule has 2 heterocycles. The fourth-order valence-electron chi connectivity index (χ4n) is 1.63. The van der Waals surface area contributed by atoms with Crippen LogP contribution in [0.1, 0.15) is 37.0 Å². The van der Waals surface area contributed by atoms with Gasteiger partial charge in [0.15, 0.2) is 0 Å². The first-order valence-electron chi connectivity index (χ1n) is 6.66. The monoisotopic (exact) mass is 272 g/mol. The molecule has 2 aromatic rings. The van der Waals surface area contributed by atoms with Gasteiger partial charge in [0, 0.05) is 25.2 Å². The molecule has 6 heteroatoms. The van der Waals surface area contributed by atoms with Crippen LogP contribution < -0.4 is 10.6 Å². The molecule has 0 aliphatic heterocycles. The fourth-order valence-corrected chi connectivity index (χ4v) is 1.63. The van der Waals surface area contributed by atoms with Crippen LogP contribution in [0.25, 0.3) is 0 Å². The summed E-state index contributed by atoms with van der Waals surface area (Å²) in [5.41, 5.74) is 1.79. The maximum absolute atomic E-state index is 4.50. The maximum Gasteiger partial charge on any atom is 0.135 e. The molecular formula is C14H20N6. The molecule has 0 atom stereocenters. The smallest absolute Gasteiger partial charge is 0.135 e. The van der Waals surface area contributed by atoms with E-state index < -0.39 is 0 Å². The van der Waals surface area contributed by atoms with Crippen LogP contribution in [-0.2, 0) is 6.54 Å². The molecule has 0 saturated heterocycles. The van der Waals surface area contributed by atoms with Crippen LogP contribution in [0.5, 0.6) is 0 Å². The molecular weight excluding hydrogens is 252 g/mol. The molecule has 0 bridgehead atoms. The largest absolute Gasteiger partial charge is 0.373 e. The Bertz CT molecular complexity index is 564. The van der Waals surface area contributed by atoms with Crippen molar-refractivity contribution in [1.29, 1.82) is 0 Å². The summed E-state index contributed by atoms with van der Waals surface area (Å²) in [7, 11) is 1.85. The molecule has 2 aromatic heterocycles. The Hall–Kier alpha value is -2.24. The Morgan fingerprint density at radius 3 is 2.45 bits per heavy atom. The van der Waals surface area contributed by atoms with E-state index in [0.717, 1.165) is 28.8 Å². The van der Waals surface area contributed by atoms with Gasteiger partial charge in [-0.05, 0) is 6.92 Å². The molecule has 0 aliphatic rings. The van der Waals surface area contributed by atoms with Crippen molar-refractivity contribution in [2.45, 2.75) is 33.2 Å². The second-order valence-corrected chi connectivity index (χ2v) is 4.90. The van der Waals surface area contributed by atoms with E-state index in [1.54, 1.807) is 12.4 Å². The van der Waals surface area contributed by atoms with Crippen LogP contribution >= 0.6 is 0 Å². The topological polar surface area (TPSA) is 75.6 Å². The van der Waals surface area contributed by atoms with Crippen molar-refractivity contribution in [3.05, 3.63) is 35.7 Å². The van der Waals surface area contributed by atoms with Crippen molar-refractivity contribution in [3.63, 3.8) is 0 Å². The van der Waals surface area contributed by atoms with Gasteiger partial charge in [0.25, 0.3) is 0 Å². The average molecular weight is 272 g/mol. The number of aromatic nitrogens is 4. The minimum atomic E-state index is 0.281. The Kier molecular flexibility index (Phi) is 4.45. The number of rotatable bonds is 5. The van der Waals surface area contributed by atoms with E-state index in [2.05, 4.69) is 44.4 Å². The molecule has 106 valence electrons. The second kappa shape index (κ2) is 6.27. The molecule has 20 heavy (non-hydrogen) atoms. The quantitative estimate of drug-likeness (QED) is 0.870. The zero-order chi connectivity index (χ0) is 14.5. The van der Waals surface area contributed by atoms with Gasteiger partial charge < -0.3 is 10.6 Å². The lowest BCUT2D eigenvalue weighted by Gasteiger charge is -2.11. The van der Waals surface area contributed by atoms with E-state index in [1.807, 2.05) is 20.0 Å². The number of hydrogen-bond donors (Lipinski definition) is 2. The van der Waals surface area contributed by atoms with Crippen molar-refractivity contribution in [1.82, 2.24) is 19.9 Å². The van der Waals surface area contributed by atoms with Gasteiger partial charge >= 0.3 is 0 Å². The molecule has 2 rings (SSSR count). The van der Waals surface area contributed by atoms with E-state index in [1.165, 1.54) is 0 Å². The summed E-state index contributed by atoms with van der Waals surface area (Å²) in [6, 6.07) is 1.88. The molecule has 6 nitrogen and oxygen atoms in total. The number of hydrogen-bond acceptors (Lipinski definition) is 6. The van der Waals surface area contributed by atoms with E-state index in [4.69, 9.17) is 0 Å². The van der Waals surface area contributed by atoms with Crippen LogP contribution in [0.2, 0.25) is 0 Å². The van der Waals surface area contributed by atoms with Crippen LogP contribution in [0, 0.1) is 6.92 Å². The van der Waals surface area contributed by atoms with Gasteiger partial charge in [0.2, 0.25) is 0 Å². The fraction of sp³-hybridized carbons (Fsp3) is 0.429. The van der Waals surface area contributed by atoms with Gasteiger partial charge in [-0.15, -0.1) is 0 Å². The summed E-state index contributed by atoms with van der Waals surface area (Å²) in [5.74, 6) is 2.69. The Morgan fingerprint density at radius 2 is 1.85 bits per heavy atom. The van der Waals surface area contributed by atoms with Gasteiger partial charge in [-0.3, -0.25) is 9.97 Å². The first-order chi connectivity index (χ1) is 9.58. The van der Waals surface area contributed by atoms with Gasteiger partial charge in [0.1, 0.15) is 17.5 Å². The first kappa shape index (κ1) is 14.2. The number of nitrogens with zero attached hydrogens (tertiary/aromatic N) is 4. The minimum absolute atomic E-state index is 0.281. The SMILES string of the molecule is CNc1cc(NCc2cnc(C)cn2)nc(C(C)C)n1. The summed E-state index contributed by atoms with van der Waals surface area (Å²) >= 11 is 0. The van der Waals surface area contributed by atoms with Gasteiger partial charge in [-0.1, -0.05) is 13.8 Å². The minimum Gasteiger partial charge on any atom is -0.373 e. The third kappa shape index (κ3) is 3.63. The van der Waals surface area contributed by atoms with E-state index in [-0.39, 0.29) is 5.92 Å². The summed E-state index contributed by atoms with van der Waals surface area (Å²) in [6.07, 6.45) is 3.53. The third-order valence-electron chi connectivity index (χ3n) is 2.80. The van der Waals surface area contributed by atoms with Crippen molar-refractivity contribution in [2.75, 3.05) is 17.7 Å². The maximum atomic E-state index is 4.50. The molecule has 0 aliphatic carbocycles. The Balaban J connectivity index is 2.12. The lowest BCUT2D eigenvalue weighted by atomic mass is 10.2. The number of nitrogens with one attached hydrogen (secondary N) is 2. The predicted octanol–water partition coefficient (Wildman–Crippen LogP) is 2.35. The molecule has 2 N–H and O–H groups in total. The molecule has 0 spiro atoms. The average Bonchev–Trinajstić information content (AvgIpc) is 2.46. The van der Waals surface area contributed by atoms with Crippen molar-refractivity contribution in [2.24, 2.45) is 0 Å². The molecule has 0 saturated carbocycles. The summed E-state index contributed by atoms with van der Waals surface area (Å²) in [4.78, 5) is 17.5. The van der Waals surface area contributed by atoms with Gasteiger partial charge in [0.05, 0.1) is 24.1 Å². The highest BCUT2D eigenvalue weighted by Gasteiger charge is 2.07.